The number of carbonyl (C=O) groups is 1. The molecule has 0 saturated carbocycles. The van der Waals surface area contributed by atoms with E-state index in [-0.39, 0.29) is 5.78 Å². The fourth-order valence-corrected chi connectivity index (χ4v) is 2.30. The Kier molecular flexibility index (Phi) is 4.65. The van der Waals surface area contributed by atoms with Crippen molar-refractivity contribution in [1.29, 1.82) is 0 Å². The van der Waals surface area contributed by atoms with Gasteiger partial charge in [-0.1, -0.05) is 78.9 Å². The number of hydrogen-bond acceptors (Lipinski definition) is 2. The van der Waals surface area contributed by atoms with Crippen LogP contribution in [-0.2, 0) is 0 Å². The lowest BCUT2D eigenvalue weighted by Gasteiger charge is -2.11. The van der Waals surface area contributed by atoms with Crippen LogP contribution in [0.2, 0.25) is 0 Å². The number of ketones is 1. The van der Waals surface area contributed by atoms with E-state index in [9.17, 15) is 4.79 Å². The molecule has 0 heterocycles. The van der Waals surface area contributed by atoms with Crippen molar-refractivity contribution >= 4 is 17.5 Å². The zero-order valence-electron chi connectivity index (χ0n) is 12.6. The number of nitrogens with one attached hydrogen (secondary N) is 1. The molecule has 112 valence electrons. The first-order valence-electron chi connectivity index (χ1n) is 7.51. The summed E-state index contributed by atoms with van der Waals surface area (Å²) in [4.78, 5) is 12.8. The summed E-state index contributed by atoms with van der Waals surface area (Å²) in [7, 11) is 0. The molecule has 0 saturated heterocycles. The van der Waals surface area contributed by atoms with Gasteiger partial charge in [-0.2, -0.15) is 0 Å². The molecule has 0 unspecified atom stereocenters. The number of carbonyl (C=O) groups excluding carboxylic acids is 1. The van der Waals surface area contributed by atoms with Crippen molar-refractivity contribution < 1.29 is 4.79 Å². The van der Waals surface area contributed by atoms with E-state index in [1.807, 2.05) is 97.1 Å². The van der Waals surface area contributed by atoms with Crippen molar-refractivity contribution in [3.8, 4) is 0 Å². The van der Waals surface area contributed by atoms with E-state index < -0.39 is 0 Å². The van der Waals surface area contributed by atoms with Crippen molar-refractivity contribution in [2.24, 2.45) is 0 Å². The molecule has 3 aromatic rings. The van der Waals surface area contributed by atoms with Gasteiger partial charge in [-0.25, -0.2) is 0 Å². The first-order valence-corrected chi connectivity index (χ1v) is 7.51. The van der Waals surface area contributed by atoms with Crippen LogP contribution in [0.4, 0.5) is 5.69 Å². The SMILES string of the molecule is O=C(/C(=C/c1ccccc1)Nc1ccccc1)c1ccccc1. The van der Waals surface area contributed by atoms with Crippen LogP contribution in [0.25, 0.3) is 6.08 Å². The van der Waals surface area contributed by atoms with E-state index in [1.165, 1.54) is 0 Å². The maximum absolute atomic E-state index is 12.8. The summed E-state index contributed by atoms with van der Waals surface area (Å²) in [5, 5.41) is 3.24. The minimum Gasteiger partial charge on any atom is -0.352 e. The van der Waals surface area contributed by atoms with Gasteiger partial charge >= 0.3 is 0 Å². The Bertz CT molecular complexity index is 793. The summed E-state index contributed by atoms with van der Waals surface area (Å²) in [6.07, 6.45) is 1.88. The van der Waals surface area contributed by atoms with Gasteiger partial charge in [-0.15, -0.1) is 0 Å². The predicted octanol–water partition coefficient (Wildman–Crippen LogP) is 5.02. The maximum Gasteiger partial charge on any atom is 0.209 e. The number of benzene rings is 3. The average Bonchev–Trinajstić information content (AvgIpc) is 2.63. The first-order chi connectivity index (χ1) is 11.3. The van der Waals surface area contributed by atoms with Crippen LogP contribution in [0.1, 0.15) is 15.9 Å². The van der Waals surface area contributed by atoms with Crippen LogP contribution in [0.3, 0.4) is 0 Å². The largest absolute Gasteiger partial charge is 0.352 e. The highest BCUT2D eigenvalue weighted by Gasteiger charge is 2.12. The number of Topliss-reactive ketones (excluding diaryl/α,β-unsaturated/α-hetero) is 1. The molecule has 0 aliphatic heterocycles. The molecule has 2 nitrogen and oxygen atoms in total. The highest BCUT2D eigenvalue weighted by atomic mass is 16.1. The molecular weight excluding hydrogens is 282 g/mol. The topological polar surface area (TPSA) is 29.1 Å². The molecule has 0 atom stereocenters. The van der Waals surface area contributed by atoms with Gasteiger partial charge in [0, 0.05) is 11.3 Å². The molecule has 1 N–H and O–H groups in total. The van der Waals surface area contributed by atoms with Gasteiger partial charge in [0.2, 0.25) is 5.78 Å². The Morgan fingerprint density at radius 1 is 0.696 bits per heavy atom. The highest BCUT2D eigenvalue weighted by molar-refractivity contribution is 6.13. The van der Waals surface area contributed by atoms with Crippen LogP contribution < -0.4 is 5.32 Å². The lowest BCUT2D eigenvalue weighted by atomic mass is 10.1. The zero-order valence-corrected chi connectivity index (χ0v) is 12.6. The first kappa shape index (κ1) is 14.8. The van der Waals surface area contributed by atoms with Crippen molar-refractivity contribution in [2.75, 3.05) is 5.32 Å². The second-order valence-corrected chi connectivity index (χ2v) is 5.15. The molecule has 0 radical (unpaired) electrons. The van der Waals surface area contributed by atoms with Gasteiger partial charge in [0.1, 0.15) is 0 Å². The van der Waals surface area contributed by atoms with E-state index in [0.29, 0.717) is 11.3 Å². The maximum atomic E-state index is 12.8. The minimum absolute atomic E-state index is 0.0293. The number of rotatable bonds is 5. The van der Waals surface area contributed by atoms with Crippen LogP contribution in [0, 0.1) is 0 Å². The average molecular weight is 299 g/mol. The van der Waals surface area contributed by atoms with E-state index in [2.05, 4.69) is 5.32 Å². The van der Waals surface area contributed by atoms with Crippen molar-refractivity contribution in [3.05, 3.63) is 108 Å². The fourth-order valence-electron chi connectivity index (χ4n) is 2.30. The third-order valence-corrected chi connectivity index (χ3v) is 3.44. The summed E-state index contributed by atoms with van der Waals surface area (Å²) in [5.74, 6) is -0.0293. The molecular formula is C21H17NO. The van der Waals surface area contributed by atoms with E-state index >= 15 is 0 Å². The quantitative estimate of drug-likeness (QED) is 0.529. The lowest BCUT2D eigenvalue weighted by molar-refractivity contribution is 0.103. The molecule has 3 aromatic carbocycles. The Morgan fingerprint density at radius 2 is 1.22 bits per heavy atom. The monoisotopic (exact) mass is 299 g/mol. The van der Waals surface area contributed by atoms with Crippen LogP contribution in [0.5, 0.6) is 0 Å². The minimum atomic E-state index is -0.0293. The molecule has 0 amide bonds. The lowest BCUT2D eigenvalue weighted by Crippen LogP contribution is -2.11. The highest BCUT2D eigenvalue weighted by Crippen LogP contribution is 2.16. The van der Waals surface area contributed by atoms with E-state index in [4.69, 9.17) is 0 Å². The molecule has 23 heavy (non-hydrogen) atoms. The van der Waals surface area contributed by atoms with E-state index in [0.717, 1.165) is 11.3 Å². The molecule has 0 aliphatic rings. The molecule has 0 bridgehead atoms. The Morgan fingerprint density at radius 3 is 1.83 bits per heavy atom. The summed E-state index contributed by atoms with van der Waals surface area (Å²) in [6.45, 7) is 0. The second kappa shape index (κ2) is 7.23. The normalized spacial score (nSPS) is 11.0. The van der Waals surface area contributed by atoms with Gasteiger partial charge in [0.25, 0.3) is 0 Å². The van der Waals surface area contributed by atoms with Crippen LogP contribution in [-0.4, -0.2) is 5.78 Å². The Hall–Kier alpha value is -3.13. The number of anilines is 1. The van der Waals surface area contributed by atoms with Gasteiger partial charge in [-0.3, -0.25) is 4.79 Å². The molecule has 2 heteroatoms. The number of hydrogen-bond donors (Lipinski definition) is 1. The third kappa shape index (κ3) is 3.95. The third-order valence-electron chi connectivity index (χ3n) is 3.44. The van der Waals surface area contributed by atoms with Crippen molar-refractivity contribution in [3.63, 3.8) is 0 Å². The van der Waals surface area contributed by atoms with E-state index in [1.54, 1.807) is 0 Å². The Labute approximate surface area is 136 Å². The summed E-state index contributed by atoms with van der Waals surface area (Å²) < 4.78 is 0. The van der Waals surface area contributed by atoms with Crippen LogP contribution in [0.15, 0.2) is 96.7 Å². The molecule has 0 fully saturated rings. The smallest absolute Gasteiger partial charge is 0.209 e. The van der Waals surface area contributed by atoms with Gasteiger partial charge in [0.15, 0.2) is 0 Å². The zero-order chi connectivity index (χ0) is 15.9. The molecule has 3 rings (SSSR count). The Balaban J connectivity index is 1.96. The summed E-state index contributed by atoms with van der Waals surface area (Å²) in [5.41, 5.74) is 3.08. The number of allylic oxidation sites excluding steroid dienone is 1. The van der Waals surface area contributed by atoms with Crippen molar-refractivity contribution in [1.82, 2.24) is 0 Å². The van der Waals surface area contributed by atoms with Crippen molar-refractivity contribution in [2.45, 2.75) is 0 Å². The number of para-hydroxylation sites is 1. The standard InChI is InChI=1S/C21H17NO/c23-21(18-12-6-2-7-13-18)20(16-17-10-4-1-5-11-17)22-19-14-8-3-9-15-19/h1-16,22H/b20-16-. The molecule has 0 aliphatic carbocycles. The molecule has 0 spiro atoms. The second-order valence-electron chi connectivity index (χ2n) is 5.15. The van der Waals surface area contributed by atoms with Gasteiger partial charge in [0.05, 0.1) is 5.70 Å². The fraction of sp³-hybridized carbons (Fsp3) is 0. The summed E-state index contributed by atoms with van der Waals surface area (Å²) >= 11 is 0. The summed E-state index contributed by atoms with van der Waals surface area (Å²) in [6, 6.07) is 28.8. The van der Waals surface area contributed by atoms with Gasteiger partial charge in [-0.05, 0) is 23.8 Å². The molecule has 0 aromatic heterocycles. The van der Waals surface area contributed by atoms with Gasteiger partial charge < -0.3 is 5.32 Å². The van der Waals surface area contributed by atoms with Crippen LogP contribution >= 0.6 is 0 Å². The predicted molar refractivity (Wildman–Crippen MR) is 95.3 cm³/mol.